The summed E-state index contributed by atoms with van der Waals surface area (Å²) < 4.78 is 0. The van der Waals surface area contributed by atoms with Crippen molar-refractivity contribution < 1.29 is 14.4 Å². The molecule has 1 fully saturated rings. The molecule has 152 valence electrons. The second-order valence-electron chi connectivity index (χ2n) is 7.45. The van der Waals surface area contributed by atoms with Gasteiger partial charge in [-0.2, -0.15) is 0 Å². The molecule has 29 heavy (non-hydrogen) atoms. The first kappa shape index (κ1) is 20.8. The SMILES string of the molecule is O=CCCCC(NC(=O)c1ccc(-c2ccccc2)cc1)C(=O)N1CCCCC1. The number of likely N-dealkylation sites (tertiary alicyclic amines) is 1. The second-order valence-corrected chi connectivity index (χ2v) is 7.45. The number of aldehydes is 1. The molecule has 5 nitrogen and oxygen atoms in total. The zero-order valence-electron chi connectivity index (χ0n) is 16.7. The van der Waals surface area contributed by atoms with Gasteiger partial charge in [-0.25, -0.2) is 0 Å². The predicted octanol–water partition coefficient (Wildman–Crippen LogP) is 3.83. The first-order valence-corrected chi connectivity index (χ1v) is 10.4. The molecule has 0 aliphatic carbocycles. The molecule has 3 rings (SSSR count). The minimum atomic E-state index is -0.589. The van der Waals surface area contributed by atoms with Gasteiger partial charge in [-0.05, 0) is 55.4 Å². The maximum absolute atomic E-state index is 12.9. The molecule has 1 saturated heterocycles. The minimum Gasteiger partial charge on any atom is -0.341 e. The molecule has 0 bridgehead atoms. The molecule has 0 aromatic heterocycles. The Balaban J connectivity index is 1.68. The fourth-order valence-corrected chi connectivity index (χ4v) is 3.68. The first-order valence-electron chi connectivity index (χ1n) is 10.4. The summed E-state index contributed by atoms with van der Waals surface area (Å²) in [6.45, 7) is 1.48. The van der Waals surface area contributed by atoms with Gasteiger partial charge in [0.05, 0.1) is 0 Å². The van der Waals surface area contributed by atoms with Crippen LogP contribution in [0.2, 0.25) is 0 Å². The highest BCUT2D eigenvalue weighted by Crippen LogP contribution is 2.19. The van der Waals surface area contributed by atoms with Gasteiger partial charge in [0.2, 0.25) is 5.91 Å². The summed E-state index contributed by atoms with van der Waals surface area (Å²) in [4.78, 5) is 38.2. The van der Waals surface area contributed by atoms with Gasteiger partial charge in [-0.3, -0.25) is 9.59 Å². The fourth-order valence-electron chi connectivity index (χ4n) is 3.68. The lowest BCUT2D eigenvalue weighted by Crippen LogP contribution is -2.50. The number of piperidine rings is 1. The highest BCUT2D eigenvalue weighted by Gasteiger charge is 2.27. The van der Waals surface area contributed by atoms with Crippen LogP contribution in [-0.4, -0.2) is 42.1 Å². The van der Waals surface area contributed by atoms with Crippen molar-refractivity contribution in [3.05, 3.63) is 60.2 Å². The van der Waals surface area contributed by atoms with Crippen LogP contribution in [0.15, 0.2) is 54.6 Å². The van der Waals surface area contributed by atoms with Gasteiger partial charge >= 0.3 is 0 Å². The monoisotopic (exact) mass is 392 g/mol. The molecule has 1 unspecified atom stereocenters. The van der Waals surface area contributed by atoms with Crippen molar-refractivity contribution in [2.45, 2.75) is 44.6 Å². The van der Waals surface area contributed by atoms with Crippen molar-refractivity contribution >= 4 is 18.1 Å². The first-order chi connectivity index (χ1) is 14.2. The van der Waals surface area contributed by atoms with Gasteiger partial charge in [0.15, 0.2) is 0 Å². The second kappa shape index (κ2) is 10.6. The number of nitrogens with zero attached hydrogens (tertiary/aromatic N) is 1. The molecule has 2 aromatic rings. The molecule has 1 aliphatic rings. The van der Waals surface area contributed by atoms with Crippen LogP contribution in [0.3, 0.4) is 0 Å². The maximum Gasteiger partial charge on any atom is 0.251 e. The third kappa shape index (κ3) is 5.76. The van der Waals surface area contributed by atoms with Crippen LogP contribution in [-0.2, 0) is 9.59 Å². The fraction of sp³-hybridized carbons (Fsp3) is 0.375. The van der Waals surface area contributed by atoms with E-state index < -0.39 is 6.04 Å². The molecule has 0 radical (unpaired) electrons. The number of carbonyl (C=O) groups excluding carboxylic acids is 3. The Morgan fingerprint density at radius 3 is 2.24 bits per heavy atom. The zero-order chi connectivity index (χ0) is 20.5. The van der Waals surface area contributed by atoms with Crippen molar-refractivity contribution in [2.24, 2.45) is 0 Å². The number of amides is 2. The number of hydrogen-bond acceptors (Lipinski definition) is 3. The van der Waals surface area contributed by atoms with E-state index in [1.165, 1.54) is 0 Å². The summed E-state index contributed by atoms with van der Waals surface area (Å²) in [6, 6.07) is 16.8. The number of nitrogens with one attached hydrogen (secondary N) is 1. The lowest BCUT2D eigenvalue weighted by molar-refractivity contribution is -0.134. The lowest BCUT2D eigenvalue weighted by atomic mass is 10.0. The lowest BCUT2D eigenvalue weighted by Gasteiger charge is -2.30. The van der Waals surface area contributed by atoms with Crippen molar-refractivity contribution in [1.29, 1.82) is 0 Å². The maximum atomic E-state index is 12.9. The molecule has 0 spiro atoms. The smallest absolute Gasteiger partial charge is 0.251 e. The van der Waals surface area contributed by atoms with E-state index in [-0.39, 0.29) is 11.8 Å². The van der Waals surface area contributed by atoms with Gasteiger partial charge < -0.3 is 15.0 Å². The molecule has 5 heteroatoms. The highest BCUT2D eigenvalue weighted by molar-refractivity contribution is 5.98. The Morgan fingerprint density at radius 2 is 1.59 bits per heavy atom. The van der Waals surface area contributed by atoms with Crippen LogP contribution < -0.4 is 5.32 Å². The van der Waals surface area contributed by atoms with E-state index >= 15 is 0 Å². The van der Waals surface area contributed by atoms with E-state index in [1.54, 1.807) is 12.1 Å². The molecule has 1 heterocycles. The zero-order valence-corrected chi connectivity index (χ0v) is 16.7. The average Bonchev–Trinajstić information content (AvgIpc) is 2.79. The van der Waals surface area contributed by atoms with Crippen LogP contribution in [0.25, 0.3) is 11.1 Å². The van der Waals surface area contributed by atoms with Gasteiger partial charge in [0.25, 0.3) is 5.91 Å². The van der Waals surface area contributed by atoms with E-state index in [1.807, 2.05) is 47.4 Å². The molecule has 1 atom stereocenters. The van der Waals surface area contributed by atoms with E-state index in [9.17, 15) is 14.4 Å². The quantitative estimate of drug-likeness (QED) is 0.548. The Hall–Kier alpha value is -2.95. The van der Waals surface area contributed by atoms with Gasteiger partial charge in [-0.1, -0.05) is 42.5 Å². The highest BCUT2D eigenvalue weighted by atomic mass is 16.2. The van der Waals surface area contributed by atoms with Gasteiger partial charge in [-0.15, -0.1) is 0 Å². The molecular formula is C24H28N2O3. The summed E-state index contributed by atoms with van der Waals surface area (Å²) in [6.07, 6.45) is 5.45. The number of hydrogen-bond donors (Lipinski definition) is 1. The van der Waals surface area contributed by atoms with Crippen LogP contribution in [0, 0.1) is 0 Å². The van der Waals surface area contributed by atoms with E-state index in [0.717, 1.165) is 49.8 Å². The topological polar surface area (TPSA) is 66.5 Å². The van der Waals surface area contributed by atoms with E-state index in [0.29, 0.717) is 24.8 Å². The number of rotatable bonds is 8. The summed E-state index contributed by atoms with van der Waals surface area (Å²) in [7, 11) is 0. The number of benzene rings is 2. The van der Waals surface area contributed by atoms with Crippen LogP contribution in [0.4, 0.5) is 0 Å². The van der Waals surface area contributed by atoms with Crippen LogP contribution in [0.5, 0.6) is 0 Å². The summed E-state index contributed by atoms with van der Waals surface area (Å²) in [5, 5.41) is 2.90. The van der Waals surface area contributed by atoms with Gasteiger partial charge in [0.1, 0.15) is 12.3 Å². The molecule has 2 aromatic carbocycles. The predicted molar refractivity (Wildman–Crippen MR) is 113 cm³/mol. The number of carbonyl (C=O) groups is 3. The third-order valence-electron chi connectivity index (χ3n) is 5.34. The van der Waals surface area contributed by atoms with Crippen LogP contribution in [0.1, 0.15) is 48.9 Å². The Bertz CT molecular complexity index is 812. The summed E-state index contributed by atoms with van der Waals surface area (Å²) in [5.41, 5.74) is 2.65. The minimum absolute atomic E-state index is 0.0372. The normalized spacial score (nSPS) is 14.8. The third-order valence-corrected chi connectivity index (χ3v) is 5.34. The van der Waals surface area contributed by atoms with E-state index in [4.69, 9.17) is 0 Å². The Labute approximate surface area is 172 Å². The molecule has 2 amide bonds. The summed E-state index contributed by atoms with van der Waals surface area (Å²) >= 11 is 0. The van der Waals surface area contributed by atoms with Crippen molar-refractivity contribution in [3.8, 4) is 11.1 Å². The van der Waals surface area contributed by atoms with Crippen molar-refractivity contribution in [3.63, 3.8) is 0 Å². The Morgan fingerprint density at radius 1 is 0.931 bits per heavy atom. The average molecular weight is 392 g/mol. The van der Waals surface area contributed by atoms with Gasteiger partial charge in [0, 0.05) is 25.1 Å². The van der Waals surface area contributed by atoms with Crippen LogP contribution >= 0.6 is 0 Å². The molecule has 1 aliphatic heterocycles. The van der Waals surface area contributed by atoms with E-state index in [2.05, 4.69) is 5.32 Å². The molecular weight excluding hydrogens is 364 g/mol. The van der Waals surface area contributed by atoms with Crippen molar-refractivity contribution in [1.82, 2.24) is 10.2 Å². The standard InChI is InChI=1S/C24H28N2O3/c27-18-8-5-11-22(24(29)26-16-6-2-7-17-26)25-23(28)21-14-12-20(13-15-21)19-9-3-1-4-10-19/h1,3-4,9-10,12-15,18,22H,2,5-8,11,16-17H2,(H,25,28). The summed E-state index contributed by atoms with van der Waals surface area (Å²) in [5.74, 6) is -0.295. The largest absolute Gasteiger partial charge is 0.341 e. The van der Waals surface area contributed by atoms with Crippen molar-refractivity contribution in [2.75, 3.05) is 13.1 Å². The number of unbranched alkanes of at least 4 members (excludes halogenated alkanes) is 1. The Kier molecular flexibility index (Phi) is 7.56. The molecule has 0 saturated carbocycles. The molecule has 1 N–H and O–H groups in total.